The predicted molar refractivity (Wildman–Crippen MR) is 118 cm³/mol. The SMILES string of the molecule is COC(=O)c1ccc2[nH]c3c(c2c1)CN(c1nc2c(cnn2C(C)(C)C)c(=O)[nH]1)CC3. The summed E-state index contributed by atoms with van der Waals surface area (Å²) in [6.45, 7) is 7.36. The first kappa shape index (κ1) is 19.3. The molecule has 0 atom stereocenters. The van der Waals surface area contributed by atoms with Crippen LogP contribution in [0.1, 0.15) is 42.4 Å². The fourth-order valence-corrected chi connectivity index (χ4v) is 4.19. The lowest BCUT2D eigenvalue weighted by molar-refractivity contribution is 0.0601. The number of nitrogens with one attached hydrogen (secondary N) is 2. The van der Waals surface area contributed by atoms with Crippen molar-refractivity contribution in [3.8, 4) is 0 Å². The van der Waals surface area contributed by atoms with Gasteiger partial charge in [-0.15, -0.1) is 0 Å². The molecule has 3 aromatic heterocycles. The molecule has 0 unspecified atom stereocenters. The van der Waals surface area contributed by atoms with Crippen LogP contribution in [-0.4, -0.2) is 44.4 Å². The molecule has 0 fully saturated rings. The summed E-state index contributed by atoms with van der Waals surface area (Å²) < 4.78 is 6.65. The normalized spacial score (nSPS) is 14.3. The number of hydrogen-bond acceptors (Lipinski definition) is 6. The summed E-state index contributed by atoms with van der Waals surface area (Å²) in [5.74, 6) is 0.157. The van der Waals surface area contributed by atoms with Crippen LogP contribution >= 0.6 is 0 Å². The van der Waals surface area contributed by atoms with Crippen LogP contribution in [0.4, 0.5) is 5.95 Å². The maximum absolute atomic E-state index is 12.7. The number of benzene rings is 1. The van der Waals surface area contributed by atoms with Crippen LogP contribution in [0.5, 0.6) is 0 Å². The number of nitrogens with zero attached hydrogens (tertiary/aromatic N) is 4. The molecule has 2 N–H and O–H groups in total. The molecule has 0 amide bonds. The molecule has 0 saturated carbocycles. The van der Waals surface area contributed by atoms with Gasteiger partial charge in [-0.1, -0.05) is 0 Å². The van der Waals surface area contributed by atoms with Crippen molar-refractivity contribution in [2.75, 3.05) is 18.6 Å². The fourth-order valence-electron chi connectivity index (χ4n) is 4.19. The topological polar surface area (TPSA) is 109 Å². The zero-order valence-electron chi connectivity index (χ0n) is 17.9. The number of aromatic nitrogens is 5. The molecular weight excluding hydrogens is 396 g/mol. The summed E-state index contributed by atoms with van der Waals surface area (Å²) in [6.07, 6.45) is 2.34. The maximum Gasteiger partial charge on any atom is 0.337 e. The van der Waals surface area contributed by atoms with Crippen molar-refractivity contribution in [1.82, 2.24) is 24.7 Å². The van der Waals surface area contributed by atoms with E-state index in [9.17, 15) is 9.59 Å². The van der Waals surface area contributed by atoms with E-state index in [4.69, 9.17) is 9.72 Å². The molecule has 160 valence electrons. The van der Waals surface area contributed by atoms with E-state index in [0.29, 0.717) is 35.6 Å². The number of carbonyl (C=O) groups excluding carboxylic acids is 1. The number of methoxy groups -OCH3 is 1. The van der Waals surface area contributed by atoms with Gasteiger partial charge in [-0.05, 0) is 39.0 Å². The molecule has 4 aromatic rings. The lowest BCUT2D eigenvalue weighted by Crippen LogP contribution is -2.33. The number of rotatable bonds is 2. The average Bonchev–Trinajstić information content (AvgIpc) is 3.33. The Morgan fingerprint density at radius 1 is 1.19 bits per heavy atom. The van der Waals surface area contributed by atoms with E-state index < -0.39 is 0 Å². The number of carbonyl (C=O) groups is 1. The van der Waals surface area contributed by atoms with Crippen LogP contribution in [-0.2, 0) is 23.2 Å². The smallest absolute Gasteiger partial charge is 0.337 e. The third-order valence-electron chi connectivity index (χ3n) is 5.76. The molecule has 0 radical (unpaired) electrons. The van der Waals surface area contributed by atoms with E-state index in [1.54, 1.807) is 16.9 Å². The molecular formula is C22H24N6O3. The van der Waals surface area contributed by atoms with Crippen molar-refractivity contribution >= 4 is 33.9 Å². The summed E-state index contributed by atoms with van der Waals surface area (Å²) in [5.41, 5.74) is 3.79. The number of anilines is 1. The van der Waals surface area contributed by atoms with E-state index in [1.807, 2.05) is 32.9 Å². The zero-order valence-corrected chi connectivity index (χ0v) is 17.9. The van der Waals surface area contributed by atoms with Crippen molar-refractivity contribution in [2.24, 2.45) is 0 Å². The van der Waals surface area contributed by atoms with Crippen molar-refractivity contribution in [2.45, 2.75) is 39.3 Å². The second-order valence-corrected chi connectivity index (χ2v) is 8.86. The third kappa shape index (κ3) is 3.08. The minimum atomic E-state index is -0.364. The molecule has 0 spiro atoms. The highest BCUT2D eigenvalue weighted by Crippen LogP contribution is 2.30. The lowest BCUT2D eigenvalue weighted by Gasteiger charge is -2.28. The number of fused-ring (bicyclic) bond motifs is 4. The van der Waals surface area contributed by atoms with Gasteiger partial charge in [0, 0.05) is 41.7 Å². The molecule has 9 heteroatoms. The van der Waals surface area contributed by atoms with Crippen LogP contribution in [0.25, 0.3) is 21.9 Å². The van der Waals surface area contributed by atoms with Crippen LogP contribution in [0, 0.1) is 0 Å². The van der Waals surface area contributed by atoms with Gasteiger partial charge < -0.3 is 14.6 Å². The molecule has 5 rings (SSSR count). The quantitative estimate of drug-likeness (QED) is 0.483. The van der Waals surface area contributed by atoms with Crippen molar-refractivity contribution < 1.29 is 9.53 Å². The lowest BCUT2D eigenvalue weighted by atomic mass is 10.0. The largest absolute Gasteiger partial charge is 0.465 e. The number of hydrogen-bond donors (Lipinski definition) is 2. The van der Waals surface area contributed by atoms with Crippen molar-refractivity contribution in [1.29, 1.82) is 0 Å². The van der Waals surface area contributed by atoms with Crippen LogP contribution in [0.3, 0.4) is 0 Å². The second-order valence-electron chi connectivity index (χ2n) is 8.86. The fraction of sp³-hybridized carbons (Fsp3) is 0.364. The molecule has 0 saturated heterocycles. The Morgan fingerprint density at radius 3 is 2.74 bits per heavy atom. The molecule has 4 heterocycles. The Morgan fingerprint density at radius 2 is 2.00 bits per heavy atom. The molecule has 1 aliphatic heterocycles. The second kappa shape index (κ2) is 6.69. The molecule has 0 aliphatic carbocycles. The van der Waals surface area contributed by atoms with Gasteiger partial charge in [0.05, 0.1) is 24.4 Å². The number of aromatic amines is 2. The molecule has 9 nitrogen and oxygen atoms in total. The van der Waals surface area contributed by atoms with Gasteiger partial charge in [0.25, 0.3) is 5.56 Å². The number of esters is 1. The first-order valence-electron chi connectivity index (χ1n) is 10.2. The van der Waals surface area contributed by atoms with Gasteiger partial charge in [0.15, 0.2) is 5.65 Å². The Bertz CT molecular complexity index is 1390. The molecule has 31 heavy (non-hydrogen) atoms. The van der Waals surface area contributed by atoms with Gasteiger partial charge in [-0.25, -0.2) is 9.48 Å². The van der Waals surface area contributed by atoms with E-state index in [-0.39, 0.29) is 17.1 Å². The summed E-state index contributed by atoms with van der Waals surface area (Å²) in [7, 11) is 1.38. The van der Waals surface area contributed by atoms with Gasteiger partial charge in [-0.2, -0.15) is 10.1 Å². The predicted octanol–water partition coefficient (Wildman–Crippen LogP) is 2.71. The highest BCUT2D eigenvalue weighted by molar-refractivity contribution is 5.96. The Labute approximate surface area is 178 Å². The van der Waals surface area contributed by atoms with Gasteiger partial charge in [0.2, 0.25) is 5.95 Å². The molecule has 1 aromatic carbocycles. The van der Waals surface area contributed by atoms with Gasteiger partial charge in [-0.3, -0.25) is 9.78 Å². The summed E-state index contributed by atoms with van der Waals surface area (Å²) >= 11 is 0. The van der Waals surface area contributed by atoms with E-state index in [0.717, 1.165) is 28.6 Å². The average molecular weight is 420 g/mol. The standard InChI is InChI=1S/C22H24N6O3/c1-22(2,3)28-18-14(10-23-28)19(29)26-21(25-18)27-8-7-17-15(11-27)13-9-12(20(30)31-4)5-6-16(13)24-17/h5-6,9-10,24H,7-8,11H2,1-4H3,(H,25,26,29). The minimum Gasteiger partial charge on any atom is -0.465 e. The molecule has 1 aliphatic rings. The number of H-pyrrole nitrogens is 2. The van der Waals surface area contributed by atoms with E-state index in [1.165, 1.54) is 7.11 Å². The van der Waals surface area contributed by atoms with Crippen LogP contribution in [0.15, 0.2) is 29.2 Å². The third-order valence-corrected chi connectivity index (χ3v) is 5.76. The van der Waals surface area contributed by atoms with E-state index >= 15 is 0 Å². The van der Waals surface area contributed by atoms with Gasteiger partial charge >= 0.3 is 5.97 Å². The van der Waals surface area contributed by atoms with Gasteiger partial charge in [0.1, 0.15) is 5.39 Å². The zero-order chi connectivity index (χ0) is 21.9. The highest BCUT2D eigenvalue weighted by atomic mass is 16.5. The Kier molecular flexibility index (Phi) is 4.18. The summed E-state index contributed by atoms with van der Waals surface area (Å²) in [6, 6.07) is 5.51. The monoisotopic (exact) mass is 420 g/mol. The summed E-state index contributed by atoms with van der Waals surface area (Å²) in [5, 5.41) is 5.84. The summed E-state index contributed by atoms with van der Waals surface area (Å²) in [4.78, 5) is 37.9. The Balaban J connectivity index is 1.58. The molecule has 0 bridgehead atoms. The van der Waals surface area contributed by atoms with Crippen molar-refractivity contribution in [3.05, 3.63) is 51.6 Å². The highest BCUT2D eigenvalue weighted by Gasteiger charge is 2.25. The first-order valence-corrected chi connectivity index (χ1v) is 10.2. The van der Waals surface area contributed by atoms with Crippen molar-refractivity contribution in [3.63, 3.8) is 0 Å². The first-order chi connectivity index (χ1) is 14.8. The van der Waals surface area contributed by atoms with E-state index in [2.05, 4.69) is 20.0 Å². The number of ether oxygens (including phenoxy) is 1. The maximum atomic E-state index is 12.7. The Hall–Kier alpha value is -3.62. The van der Waals surface area contributed by atoms with Crippen LogP contribution < -0.4 is 10.5 Å². The van der Waals surface area contributed by atoms with Crippen LogP contribution in [0.2, 0.25) is 0 Å². The minimum absolute atomic E-state index is 0.201.